The highest BCUT2D eigenvalue weighted by atomic mass is 15.1. The Morgan fingerprint density at radius 1 is 1.38 bits per heavy atom. The quantitative estimate of drug-likeness (QED) is 0.471. The second kappa shape index (κ2) is 2.46. The highest BCUT2D eigenvalue weighted by Gasteiger charge is 2.13. The van der Waals surface area contributed by atoms with Gasteiger partial charge in [0.2, 0.25) is 0 Å². The minimum absolute atomic E-state index is 1.15. The van der Waals surface area contributed by atoms with E-state index in [1.54, 1.807) is 0 Å². The molecule has 1 fully saturated rings. The lowest BCUT2D eigenvalue weighted by Crippen LogP contribution is -2.52. The molecular formula is C6H14N2. The molecule has 1 aliphatic heterocycles. The fraction of sp³-hybridized carbons (Fsp3) is 1.00. The van der Waals surface area contributed by atoms with Crippen LogP contribution in [0.3, 0.4) is 0 Å². The number of rotatable bonds is 0. The minimum Gasteiger partial charge on any atom is -0.311 e. The highest BCUT2D eigenvalue weighted by molar-refractivity contribution is 4.79. The van der Waals surface area contributed by atoms with Gasteiger partial charge in [-0.1, -0.05) is 0 Å². The predicted molar refractivity (Wildman–Crippen MR) is 34.9 cm³/mol. The van der Waals surface area contributed by atoms with E-state index in [1.807, 2.05) is 0 Å². The largest absolute Gasteiger partial charge is 0.311 e. The van der Waals surface area contributed by atoms with Crippen molar-refractivity contribution in [3.05, 3.63) is 0 Å². The molecule has 0 aromatic rings. The zero-order valence-electron chi connectivity index (χ0n) is 12.3. The third kappa shape index (κ3) is 1.20. The van der Waals surface area contributed by atoms with Gasteiger partial charge in [0.05, 0.1) is 0 Å². The Labute approximate surface area is 61.9 Å². The monoisotopic (exact) mass is 122 g/mol. The zero-order valence-corrected chi connectivity index (χ0v) is 4.31. The fourth-order valence-electron chi connectivity index (χ4n) is 0.496. The Hall–Kier alpha value is -0.0800. The van der Waals surface area contributed by atoms with Crippen LogP contribution in [0.4, 0.5) is 0 Å². The summed E-state index contributed by atoms with van der Waals surface area (Å²) in [4.78, 5) is 0. The summed E-state index contributed by atoms with van der Waals surface area (Å²) in [5, 5.41) is 4.71. The van der Waals surface area contributed by atoms with E-state index in [1.165, 1.54) is 0 Å². The van der Waals surface area contributed by atoms with Gasteiger partial charge in [-0.2, -0.15) is 0 Å². The maximum Gasteiger partial charge on any atom is 0.0441 e. The van der Waals surface area contributed by atoms with Gasteiger partial charge in [0.15, 0.2) is 0 Å². The zero-order chi connectivity index (χ0) is 12.7. The molecule has 0 amide bonds. The molecule has 2 nitrogen and oxygen atoms in total. The third-order valence-electron chi connectivity index (χ3n) is 0.968. The lowest BCUT2D eigenvalue weighted by atomic mass is 10.1. The molecule has 1 aliphatic rings. The summed E-state index contributed by atoms with van der Waals surface area (Å²) in [6.07, 6.45) is 0. The Bertz CT molecular complexity index is 222. The van der Waals surface area contributed by atoms with Crippen molar-refractivity contribution < 1.29 is 11.0 Å². The molecule has 4 unspecified atom stereocenters. The van der Waals surface area contributed by atoms with Crippen molar-refractivity contribution in [2.75, 3.05) is 13.0 Å². The van der Waals surface area contributed by atoms with Crippen molar-refractivity contribution in [3.63, 3.8) is 0 Å². The van der Waals surface area contributed by atoms with Crippen LogP contribution >= 0.6 is 0 Å². The first-order chi connectivity index (χ1) is 7.03. The van der Waals surface area contributed by atoms with E-state index in [0.717, 1.165) is 0 Å². The van der Waals surface area contributed by atoms with Crippen LogP contribution in [0.1, 0.15) is 24.7 Å². The van der Waals surface area contributed by atoms with Gasteiger partial charge in [-0.15, -0.1) is 0 Å². The van der Waals surface area contributed by atoms with E-state index in [9.17, 15) is 0 Å². The number of nitrogens with one attached hydrogen (secondary N) is 2. The van der Waals surface area contributed by atoms with Crippen molar-refractivity contribution in [1.82, 2.24) is 10.6 Å². The van der Waals surface area contributed by atoms with Crippen molar-refractivity contribution in [2.24, 2.45) is 0 Å². The van der Waals surface area contributed by atoms with Crippen LogP contribution in [-0.2, 0) is 0 Å². The number of piperazine rings is 1. The molecule has 2 heteroatoms. The van der Waals surface area contributed by atoms with Gasteiger partial charge in [-0.05, 0) is 13.7 Å². The summed E-state index contributed by atoms with van der Waals surface area (Å²) in [7, 11) is 0. The van der Waals surface area contributed by atoms with Gasteiger partial charge in [-0.25, -0.2) is 0 Å². The van der Waals surface area contributed by atoms with Gasteiger partial charge in [0, 0.05) is 36.1 Å². The summed E-state index contributed by atoms with van der Waals surface area (Å²) in [5.41, 5.74) is 0. The van der Waals surface area contributed by atoms with Crippen molar-refractivity contribution in [2.45, 2.75) is 25.8 Å². The Morgan fingerprint density at radius 3 is 2.25 bits per heavy atom. The predicted octanol–water partition coefficient (Wildman–Crippen LogP) is -0.0438. The van der Waals surface area contributed by atoms with Crippen LogP contribution in [-0.4, -0.2) is 25.1 Å². The molecule has 0 bridgehead atoms. The van der Waals surface area contributed by atoms with Crippen LogP contribution < -0.4 is 10.6 Å². The molecule has 1 rings (SSSR count). The van der Waals surface area contributed by atoms with E-state index < -0.39 is 38.8 Å². The van der Waals surface area contributed by atoms with Gasteiger partial charge in [-0.3, -0.25) is 0 Å². The molecule has 1 saturated heterocycles. The molecule has 0 aromatic heterocycles. The molecule has 48 valence electrons. The summed E-state index contributed by atoms with van der Waals surface area (Å²) in [6, 6.07) is -2.69. The topological polar surface area (TPSA) is 24.1 Å². The first-order valence-electron chi connectivity index (χ1n) is 6.55. The summed E-state index contributed by atoms with van der Waals surface area (Å²) in [5.74, 6) is 0. The molecule has 0 spiro atoms. The first kappa shape index (κ1) is 1.50. The Balaban J connectivity index is 2.93. The number of hydrogen-bond donors (Lipinski definition) is 2. The smallest absolute Gasteiger partial charge is 0.0441 e. The van der Waals surface area contributed by atoms with Gasteiger partial charge in [0.25, 0.3) is 0 Å². The maximum atomic E-state index is 7.39. The van der Waals surface area contributed by atoms with Crippen molar-refractivity contribution in [3.8, 4) is 0 Å². The van der Waals surface area contributed by atoms with Crippen LogP contribution in [0.25, 0.3) is 0 Å². The minimum atomic E-state index is -2.52. The molecule has 0 radical (unpaired) electrons. The molecule has 2 N–H and O–H groups in total. The van der Waals surface area contributed by atoms with E-state index in [0.29, 0.717) is 0 Å². The first-order valence-corrected chi connectivity index (χ1v) is 2.40. The van der Waals surface area contributed by atoms with Crippen LogP contribution in [0, 0.1) is 0 Å². The molecule has 0 saturated carbocycles. The average Bonchev–Trinajstić information content (AvgIpc) is 2.05. The molecule has 8 heavy (non-hydrogen) atoms. The van der Waals surface area contributed by atoms with Crippen molar-refractivity contribution >= 4 is 0 Å². The van der Waals surface area contributed by atoms with Crippen LogP contribution in [0.15, 0.2) is 0 Å². The van der Waals surface area contributed by atoms with E-state index >= 15 is 0 Å². The summed E-state index contributed by atoms with van der Waals surface area (Å²) >= 11 is 0. The van der Waals surface area contributed by atoms with Gasteiger partial charge >= 0.3 is 0 Å². The van der Waals surface area contributed by atoms with E-state index in [4.69, 9.17) is 11.0 Å². The molecule has 1 heterocycles. The molecule has 4 atom stereocenters. The second-order valence-electron chi connectivity index (χ2n) is 1.62. The Morgan fingerprint density at radius 2 is 1.88 bits per heavy atom. The second-order valence-corrected chi connectivity index (χ2v) is 1.62. The lowest BCUT2D eigenvalue weighted by Gasteiger charge is -2.27. The van der Waals surface area contributed by atoms with E-state index in [2.05, 4.69) is 10.6 Å². The Kier molecular flexibility index (Phi) is 0.461. The summed E-state index contributed by atoms with van der Waals surface area (Å²) in [6.45, 7) is -7.34. The summed E-state index contributed by atoms with van der Waals surface area (Å²) < 4.78 is 58.1. The van der Waals surface area contributed by atoms with E-state index in [-0.39, 0.29) is 0 Å². The lowest BCUT2D eigenvalue weighted by molar-refractivity contribution is 0.358. The van der Waals surface area contributed by atoms with Crippen molar-refractivity contribution in [1.29, 1.82) is 0 Å². The average molecular weight is 122 g/mol. The molecule has 0 aromatic carbocycles. The maximum absolute atomic E-state index is 7.39. The molecular weight excluding hydrogens is 100 g/mol. The van der Waals surface area contributed by atoms with Gasteiger partial charge < -0.3 is 10.6 Å². The number of hydrogen-bond acceptors (Lipinski definition) is 2. The molecule has 0 aliphatic carbocycles. The van der Waals surface area contributed by atoms with Gasteiger partial charge in [0.1, 0.15) is 0 Å². The SMILES string of the molecule is [2H]C1NC(C([2H])([2H])[2H])C(C([2H])([2H])[2H])NC1[2H]. The van der Waals surface area contributed by atoms with Crippen LogP contribution in [0.2, 0.25) is 0 Å². The fourth-order valence-corrected chi connectivity index (χ4v) is 0.496. The third-order valence-corrected chi connectivity index (χ3v) is 0.968. The highest BCUT2D eigenvalue weighted by Crippen LogP contribution is 1.93. The van der Waals surface area contributed by atoms with Crippen LogP contribution in [0.5, 0.6) is 0 Å². The normalized spacial score (nSPS) is 76.0. The standard InChI is InChI=1S/C6H14N2/c1-5-6(2)8-4-3-7-5/h5-8H,3-4H2,1-2H3/i1D3,2D3,3D,4D.